The fraction of sp³-hybridized carbons (Fsp3) is 0.700. The van der Waals surface area contributed by atoms with E-state index in [1.807, 2.05) is 20.8 Å². The predicted octanol–water partition coefficient (Wildman–Crippen LogP) is 2.27. The number of amides is 1. The van der Waals surface area contributed by atoms with Crippen molar-refractivity contribution in [2.45, 2.75) is 45.5 Å². The molecule has 1 aromatic heterocycles. The fourth-order valence-corrected chi connectivity index (χ4v) is 1.80. The van der Waals surface area contributed by atoms with Gasteiger partial charge < -0.3 is 10.6 Å². The summed E-state index contributed by atoms with van der Waals surface area (Å²) in [5, 5.41) is 5.26. The molecule has 0 radical (unpaired) electrons. The maximum atomic E-state index is 12.3. The molecule has 0 aliphatic rings. The van der Waals surface area contributed by atoms with Gasteiger partial charge in [0.25, 0.3) is 0 Å². The van der Waals surface area contributed by atoms with E-state index in [0.29, 0.717) is 11.5 Å². The highest BCUT2D eigenvalue weighted by Crippen LogP contribution is 2.29. The first-order chi connectivity index (χ1) is 8.49. The number of alkyl halides is 3. The number of aromatic nitrogens is 2. The standard InChI is InChI=1S/C10H15F3N4OS/c1-5(6(18)16-9(2,3)4)14-8-15-7(17-19-8)10(11,12)13/h5H,1-4H3,(H,16,18)(H,14,15,17). The summed E-state index contributed by atoms with van der Waals surface area (Å²) in [4.78, 5) is 15.0. The molecule has 1 amide bonds. The third-order valence-corrected chi connectivity index (χ3v) is 2.56. The second kappa shape index (κ2) is 5.32. The van der Waals surface area contributed by atoms with E-state index >= 15 is 0 Å². The van der Waals surface area contributed by atoms with Crippen molar-refractivity contribution in [3.05, 3.63) is 5.82 Å². The Morgan fingerprint density at radius 2 is 1.89 bits per heavy atom. The SMILES string of the molecule is CC(Nc1nc(C(F)(F)F)ns1)C(=O)NC(C)(C)C. The molecule has 0 aromatic carbocycles. The molecule has 1 rings (SSSR count). The number of nitrogens with zero attached hydrogens (tertiary/aromatic N) is 2. The van der Waals surface area contributed by atoms with Crippen molar-refractivity contribution in [1.82, 2.24) is 14.7 Å². The maximum absolute atomic E-state index is 12.3. The van der Waals surface area contributed by atoms with Crippen LogP contribution in [0.15, 0.2) is 0 Å². The van der Waals surface area contributed by atoms with Gasteiger partial charge in [-0.25, -0.2) is 0 Å². The van der Waals surface area contributed by atoms with Gasteiger partial charge in [-0.15, -0.1) is 0 Å². The molecule has 5 nitrogen and oxygen atoms in total. The third-order valence-electron chi connectivity index (χ3n) is 1.91. The molecule has 0 bridgehead atoms. The van der Waals surface area contributed by atoms with Gasteiger partial charge in [0.05, 0.1) is 0 Å². The molecule has 1 atom stereocenters. The molecule has 0 aliphatic carbocycles. The van der Waals surface area contributed by atoms with Crippen LogP contribution in [0.1, 0.15) is 33.5 Å². The number of carbonyl (C=O) groups is 1. The molecule has 108 valence electrons. The predicted molar refractivity (Wildman–Crippen MR) is 65.9 cm³/mol. The summed E-state index contributed by atoms with van der Waals surface area (Å²) in [6, 6.07) is -0.701. The van der Waals surface area contributed by atoms with Crippen molar-refractivity contribution in [1.29, 1.82) is 0 Å². The molecule has 0 saturated heterocycles. The van der Waals surface area contributed by atoms with E-state index in [1.165, 1.54) is 6.92 Å². The summed E-state index contributed by atoms with van der Waals surface area (Å²) in [6.45, 7) is 6.97. The second-order valence-corrected chi connectivity index (χ2v) is 5.78. The first kappa shape index (κ1) is 15.7. The Morgan fingerprint density at radius 1 is 1.32 bits per heavy atom. The topological polar surface area (TPSA) is 66.9 Å². The van der Waals surface area contributed by atoms with Crippen molar-refractivity contribution < 1.29 is 18.0 Å². The van der Waals surface area contributed by atoms with E-state index in [9.17, 15) is 18.0 Å². The molecule has 1 aromatic rings. The lowest BCUT2D eigenvalue weighted by Gasteiger charge is -2.23. The van der Waals surface area contributed by atoms with Crippen LogP contribution in [0.5, 0.6) is 0 Å². The second-order valence-electron chi connectivity index (χ2n) is 5.03. The lowest BCUT2D eigenvalue weighted by Crippen LogP contribution is -2.47. The molecule has 1 unspecified atom stereocenters. The van der Waals surface area contributed by atoms with Gasteiger partial charge in [0, 0.05) is 17.1 Å². The van der Waals surface area contributed by atoms with E-state index in [-0.39, 0.29) is 11.0 Å². The number of halogens is 3. The van der Waals surface area contributed by atoms with Gasteiger partial charge >= 0.3 is 6.18 Å². The van der Waals surface area contributed by atoms with Crippen LogP contribution in [0.25, 0.3) is 0 Å². The minimum atomic E-state index is -4.58. The Labute approximate surface area is 112 Å². The quantitative estimate of drug-likeness (QED) is 0.898. The Hall–Kier alpha value is -1.38. The van der Waals surface area contributed by atoms with Crippen molar-refractivity contribution >= 4 is 22.6 Å². The molecule has 0 spiro atoms. The summed E-state index contributed by atoms with van der Waals surface area (Å²) < 4.78 is 40.1. The lowest BCUT2D eigenvalue weighted by atomic mass is 10.1. The molecule has 0 aliphatic heterocycles. The smallest absolute Gasteiger partial charge is 0.350 e. The highest BCUT2D eigenvalue weighted by Gasteiger charge is 2.36. The zero-order valence-corrected chi connectivity index (χ0v) is 11.7. The number of carbonyl (C=O) groups excluding carboxylic acids is 1. The van der Waals surface area contributed by atoms with Gasteiger partial charge in [0.15, 0.2) is 0 Å². The Kier molecular flexibility index (Phi) is 4.39. The van der Waals surface area contributed by atoms with E-state index in [1.54, 1.807) is 0 Å². The summed E-state index contributed by atoms with van der Waals surface area (Å²) in [7, 11) is 0. The molecule has 0 fully saturated rings. The van der Waals surface area contributed by atoms with Gasteiger partial charge in [-0.3, -0.25) is 4.79 Å². The summed E-state index contributed by atoms with van der Waals surface area (Å²) in [6.07, 6.45) is -4.58. The molecule has 0 saturated carbocycles. The largest absolute Gasteiger partial charge is 0.452 e. The van der Waals surface area contributed by atoms with E-state index < -0.39 is 23.6 Å². The van der Waals surface area contributed by atoms with E-state index in [4.69, 9.17) is 0 Å². The van der Waals surface area contributed by atoms with E-state index in [0.717, 1.165) is 0 Å². The number of anilines is 1. The van der Waals surface area contributed by atoms with Gasteiger partial charge in [-0.2, -0.15) is 22.5 Å². The summed E-state index contributed by atoms with van der Waals surface area (Å²) in [5.41, 5.74) is -0.411. The van der Waals surface area contributed by atoms with Crippen LogP contribution in [-0.2, 0) is 11.0 Å². The molecule has 19 heavy (non-hydrogen) atoms. The van der Waals surface area contributed by atoms with Crippen molar-refractivity contribution in [3.8, 4) is 0 Å². The van der Waals surface area contributed by atoms with Crippen LogP contribution in [0, 0.1) is 0 Å². The van der Waals surface area contributed by atoms with Crippen LogP contribution in [0.2, 0.25) is 0 Å². The van der Waals surface area contributed by atoms with Crippen molar-refractivity contribution in [2.75, 3.05) is 5.32 Å². The number of hydrogen-bond donors (Lipinski definition) is 2. The minimum Gasteiger partial charge on any atom is -0.350 e. The maximum Gasteiger partial charge on any atom is 0.452 e. The number of nitrogens with one attached hydrogen (secondary N) is 2. The Bertz CT molecular complexity index is 452. The normalized spacial score (nSPS) is 14.1. The highest BCUT2D eigenvalue weighted by molar-refractivity contribution is 7.09. The summed E-state index contributed by atoms with van der Waals surface area (Å²) in [5.74, 6) is -1.53. The van der Waals surface area contributed by atoms with Crippen LogP contribution < -0.4 is 10.6 Å². The minimum absolute atomic E-state index is 0.0381. The number of hydrogen-bond acceptors (Lipinski definition) is 5. The van der Waals surface area contributed by atoms with Gasteiger partial charge in [0.1, 0.15) is 6.04 Å². The van der Waals surface area contributed by atoms with Crippen LogP contribution in [0.3, 0.4) is 0 Å². The monoisotopic (exact) mass is 296 g/mol. The fourth-order valence-electron chi connectivity index (χ4n) is 1.13. The molecular formula is C10H15F3N4OS. The zero-order valence-electron chi connectivity index (χ0n) is 10.9. The third kappa shape index (κ3) is 5.01. The van der Waals surface area contributed by atoms with Gasteiger partial charge in [-0.05, 0) is 27.7 Å². The average molecular weight is 296 g/mol. The summed E-state index contributed by atoms with van der Waals surface area (Å²) >= 11 is 0.568. The van der Waals surface area contributed by atoms with Crippen LogP contribution >= 0.6 is 11.5 Å². The van der Waals surface area contributed by atoms with Gasteiger partial charge in [-0.1, -0.05) is 0 Å². The highest BCUT2D eigenvalue weighted by atomic mass is 32.1. The van der Waals surface area contributed by atoms with Gasteiger partial charge in [0.2, 0.25) is 16.9 Å². The average Bonchev–Trinajstić information content (AvgIpc) is 2.62. The first-order valence-corrected chi connectivity index (χ1v) is 6.26. The molecule has 2 N–H and O–H groups in total. The van der Waals surface area contributed by atoms with Crippen molar-refractivity contribution in [3.63, 3.8) is 0 Å². The van der Waals surface area contributed by atoms with Crippen molar-refractivity contribution in [2.24, 2.45) is 0 Å². The zero-order chi connectivity index (χ0) is 14.8. The van der Waals surface area contributed by atoms with Crippen LogP contribution in [0.4, 0.5) is 18.3 Å². The Balaban J connectivity index is 2.65. The molecule has 1 heterocycles. The number of rotatable bonds is 3. The molecular weight excluding hydrogens is 281 g/mol. The first-order valence-electron chi connectivity index (χ1n) is 5.48. The lowest BCUT2D eigenvalue weighted by molar-refractivity contribution is -0.144. The molecule has 9 heteroatoms. The van der Waals surface area contributed by atoms with E-state index in [2.05, 4.69) is 20.0 Å². The Morgan fingerprint density at radius 3 is 2.32 bits per heavy atom. The van der Waals surface area contributed by atoms with Crippen LogP contribution in [-0.4, -0.2) is 26.8 Å².